The summed E-state index contributed by atoms with van der Waals surface area (Å²) >= 11 is 1.31. The van der Waals surface area contributed by atoms with E-state index >= 15 is 0 Å². The van der Waals surface area contributed by atoms with Crippen LogP contribution in [0.5, 0.6) is 5.75 Å². The van der Waals surface area contributed by atoms with Gasteiger partial charge in [0.25, 0.3) is 0 Å². The van der Waals surface area contributed by atoms with Gasteiger partial charge >= 0.3 is 5.97 Å². The number of rotatable bonds is 6. The molecule has 1 aromatic rings. The molecule has 0 spiro atoms. The monoisotopic (exact) mass is 335 g/mol. The Labute approximate surface area is 138 Å². The predicted octanol–water partition coefficient (Wildman–Crippen LogP) is 1.57. The third-order valence-electron chi connectivity index (χ3n) is 2.55. The van der Waals surface area contributed by atoms with Crippen molar-refractivity contribution in [2.45, 2.75) is 20.0 Å². The molecule has 1 amide bonds. The number of amidine groups is 1. The lowest BCUT2D eigenvalue weighted by Crippen LogP contribution is -2.19. The van der Waals surface area contributed by atoms with Crippen molar-refractivity contribution in [1.29, 1.82) is 0 Å². The summed E-state index contributed by atoms with van der Waals surface area (Å²) in [4.78, 5) is 22.4. The van der Waals surface area contributed by atoms with Crippen molar-refractivity contribution in [2.24, 2.45) is 10.2 Å². The smallest absolute Gasteiger partial charge is 0.344 e. The number of nitrogens with one attached hydrogen (secondary N) is 1. The Morgan fingerprint density at radius 2 is 2.13 bits per heavy atom. The minimum absolute atomic E-state index is 0.0681. The summed E-state index contributed by atoms with van der Waals surface area (Å²) in [5, 5.41) is 10.9. The molecule has 2 rings (SSSR count). The molecule has 1 aromatic carbocycles. The van der Waals surface area contributed by atoms with Crippen LogP contribution >= 0.6 is 11.8 Å². The summed E-state index contributed by atoms with van der Waals surface area (Å²) in [5.74, 6) is 0.464. The van der Waals surface area contributed by atoms with Crippen LogP contribution in [0.3, 0.4) is 0 Å². The molecule has 0 aliphatic carbocycles. The highest BCUT2D eigenvalue weighted by Gasteiger charge is 2.15. The minimum Gasteiger partial charge on any atom is -0.482 e. The van der Waals surface area contributed by atoms with E-state index in [1.807, 2.05) is 0 Å². The second-order valence-electron chi connectivity index (χ2n) is 4.88. The number of esters is 1. The maximum absolute atomic E-state index is 11.4. The van der Waals surface area contributed by atoms with E-state index in [1.54, 1.807) is 44.3 Å². The van der Waals surface area contributed by atoms with Gasteiger partial charge in [-0.25, -0.2) is 4.79 Å². The molecular weight excluding hydrogens is 318 g/mol. The molecule has 1 N–H and O–H groups in total. The molecular formula is C15H17N3O4S. The first-order chi connectivity index (χ1) is 11.0. The van der Waals surface area contributed by atoms with Crippen molar-refractivity contribution in [3.63, 3.8) is 0 Å². The highest BCUT2D eigenvalue weighted by Crippen LogP contribution is 2.12. The zero-order valence-electron chi connectivity index (χ0n) is 12.8. The molecule has 7 nitrogen and oxygen atoms in total. The molecule has 0 aromatic heterocycles. The molecule has 23 heavy (non-hydrogen) atoms. The highest BCUT2D eigenvalue weighted by molar-refractivity contribution is 8.15. The van der Waals surface area contributed by atoms with E-state index in [-0.39, 0.29) is 18.6 Å². The lowest BCUT2D eigenvalue weighted by atomic mass is 10.2. The van der Waals surface area contributed by atoms with Crippen LogP contribution in [0, 0.1) is 0 Å². The Morgan fingerprint density at radius 3 is 2.74 bits per heavy atom. The Balaban J connectivity index is 1.82. The molecule has 1 aliphatic rings. The minimum atomic E-state index is -0.405. The number of amides is 1. The van der Waals surface area contributed by atoms with Crippen molar-refractivity contribution in [2.75, 3.05) is 12.4 Å². The van der Waals surface area contributed by atoms with Crippen LogP contribution in [-0.4, -0.2) is 41.7 Å². The molecule has 0 atom stereocenters. The summed E-state index contributed by atoms with van der Waals surface area (Å²) in [7, 11) is 0. The number of ether oxygens (including phenoxy) is 2. The van der Waals surface area contributed by atoms with E-state index in [2.05, 4.69) is 15.5 Å². The predicted molar refractivity (Wildman–Crippen MR) is 88.8 cm³/mol. The van der Waals surface area contributed by atoms with Crippen LogP contribution in [-0.2, 0) is 14.3 Å². The van der Waals surface area contributed by atoms with Crippen molar-refractivity contribution in [3.05, 3.63) is 29.8 Å². The fourth-order valence-electron chi connectivity index (χ4n) is 1.62. The summed E-state index contributed by atoms with van der Waals surface area (Å²) in [6.07, 6.45) is 1.41. The van der Waals surface area contributed by atoms with Crippen LogP contribution in [0.25, 0.3) is 0 Å². The summed E-state index contributed by atoms with van der Waals surface area (Å²) < 4.78 is 10.3. The second-order valence-corrected chi connectivity index (χ2v) is 5.85. The lowest BCUT2D eigenvalue weighted by Gasteiger charge is -2.09. The van der Waals surface area contributed by atoms with Gasteiger partial charge in [-0.2, -0.15) is 5.10 Å². The van der Waals surface area contributed by atoms with Crippen LogP contribution < -0.4 is 10.1 Å². The number of nitrogens with zero attached hydrogens (tertiary/aromatic N) is 2. The molecule has 0 bridgehead atoms. The van der Waals surface area contributed by atoms with E-state index in [4.69, 9.17) is 9.47 Å². The Morgan fingerprint density at radius 1 is 1.39 bits per heavy atom. The van der Waals surface area contributed by atoms with Gasteiger partial charge in [0.1, 0.15) is 5.75 Å². The number of thioether (sulfide) groups is 1. The average molecular weight is 335 g/mol. The molecule has 1 saturated heterocycles. The summed E-state index contributed by atoms with van der Waals surface area (Å²) in [6, 6.07) is 7.02. The van der Waals surface area contributed by atoms with E-state index in [0.717, 1.165) is 5.56 Å². The first-order valence-corrected chi connectivity index (χ1v) is 7.97. The van der Waals surface area contributed by atoms with Crippen LogP contribution in [0.15, 0.2) is 34.5 Å². The quantitative estimate of drug-likeness (QED) is 0.484. The maximum atomic E-state index is 11.4. The maximum Gasteiger partial charge on any atom is 0.344 e. The third kappa shape index (κ3) is 6.11. The van der Waals surface area contributed by atoms with Gasteiger partial charge in [0.15, 0.2) is 11.8 Å². The van der Waals surface area contributed by atoms with E-state index in [1.165, 1.54) is 11.8 Å². The van der Waals surface area contributed by atoms with Crippen LogP contribution in [0.2, 0.25) is 0 Å². The Kier molecular flexibility index (Phi) is 6.16. The molecule has 122 valence electrons. The average Bonchev–Trinajstić information content (AvgIpc) is 2.91. The van der Waals surface area contributed by atoms with Crippen LogP contribution in [0.1, 0.15) is 19.4 Å². The molecule has 0 radical (unpaired) electrons. The highest BCUT2D eigenvalue weighted by atomic mass is 32.2. The fourth-order valence-corrected chi connectivity index (χ4v) is 2.25. The van der Waals surface area contributed by atoms with Crippen molar-refractivity contribution >= 4 is 35.0 Å². The zero-order chi connectivity index (χ0) is 16.7. The van der Waals surface area contributed by atoms with Crippen molar-refractivity contribution < 1.29 is 19.1 Å². The SMILES string of the molecule is CC(C)OC(=O)COc1ccc(C=NN=C2NC(=O)CS2)cc1. The molecule has 0 unspecified atom stereocenters. The first-order valence-electron chi connectivity index (χ1n) is 6.99. The van der Waals surface area contributed by atoms with Gasteiger partial charge in [0.2, 0.25) is 5.91 Å². The molecule has 8 heteroatoms. The summed E-state index contributed by atoms with van der Waals surface area (Å²) in [6.45, 7) is 3.44. The molecule has 1 heterocycles. The molecule has 0 saturated carbocycles. The van der Waals surface area contributed by atoms with Gasteiger partial charge in [0, 0.05) is 0 Å². The van der Waals surface area contributed by atoms with Gasteiger partial charge in [-0.15, -0.1) is 5.10 Å². The van der Waals surface area contributed by atoms with Crippen molar-refractivity contribution in [1.82, 2.24) is 5.32 Å². The van der Waals surface area contributed by atoms with Crippen molar-refractivity contribution in [3.8, 4) is 5.75 Å². The van der Waals surface area contributed by atoms with Gasteiger partial charge in [-0.05, 0) is 43.7 Å². The number of carbonyl (C=O) groups is 2. The zero-order valence-corrected chi connectivity index (χ0v) is 13.6. The second kappa shape index (κ2) is 8.33. The molecule has 1 aliphatic heterocycles. The standard InChI is InChI=1S/C15H17N3O4S/c1-10(2)22-14(20)8-21-12-5-3-11(4-6-12)7-16-18-15-17-13(19)9-23-15/h3-7,10H,8-9H2,1-2H3,(H,17,18,19). The largest absolute Gasteiger partial charge is 0.482 e. The molecule has 1 fully saturated rings. The first kappa shape index (κ1) is 17.0. The van der Waals surface area contributed by atoms with E-state index in [9.17, 15) is 9.59 Å². The third-order valence-corrected chi connectivity index (χ3v) is 3.41. The van der Waals surface area contributed by atoms with Gasteiger partial charge in [-0.1, -0.05) is 11.8 Å². The lowest BCUT2D eigenvalue weighted by molar-refractivity contribution is -0.149. The van der Waals surface area contributed by atoms with Gasteiger partial charge in [0.05, 0.1) is 18.1 Å². The number of benzene rings is 1. The van der Waals surface area contributed by atoms with E-state index < -0.39 is 5.97 Å². The van der Waals surface area contributed by atoms with Gasteiger partial charge in [-0.3, -0.25) is 4.79 Å². The summed E-state index contributed by atoms with van der Waals surface area (Å²) in [5.41, 5.74) is 0.820. The Bertz CT molecular complexity index is 626. The number of hydrogen-bond acceptors (Lipinski definition) is 7. The number of carbonyl (C=O) groups excluding carboxylic acids is 2. The van der Waals surface area contributed by atoms with Crippen LogP contribution in [0.4, 0.5) is 0 Å². The normalized spacial score (nSPS) is 16.1. The Hall–Kier alpha value is -2.35. The van der Waals surface area contributed by atoms with Gasteiger partial charge < -0.3 is 14.8 Å². The number of hydrogen-bond donors (Lipinski definition) is 1. The fraction of sp³-hybridized carbons (Fsp3) is 0.333. The van der Waals surface area contributed by atoms with E-state index in [0.29, 0.717) is 16.7 Å². The topological polar surface area (TPSA) is 89.3 Å².